The predicted octanol–water partition coefficient (Wildman–Crippen LogP) is 6.54. The van der Waals surface area contributed by atoms with Crippen LogP contribution in [-0.2, 0) is 46.5 Å². The molecule has 0 atom stereocenters. The molecule has 0 aliphatic rings. The molecule has 0 fully saturated rings. The standard InChI is InChI=1S/C17H19ClN2O2.C15H17ClN4O3S.C15H14ClN3O3.C14H13ClN4O2/c1-11(21)15-8-14(18)10-20(16(15)19)9-12-5-4-6-13(7-12)17(2,3)22;1-19(2)24(22,23)12-5-3-10(4-6-12)8-20-9-11(16)7-13(14(20)17)15(18)21;1-22-15(21)10-4-2-3-9(5-10)7-19-8-11(16)6-12(13(19)17)14(18)20;15-10-5-11(14(18)21)12(16)19(7-10)6-8-2-1-3-9(4-8)13(17)20/h4-8,10,19,22H,9H2,1-3H3;3-7,9,17H,8H2,1-2H3,(H2,18,21);2-6,8,17H,7H2,1H3,(H2,18,20);1-5,7,16H,6H2,(H2,17,20)(H2,18,21). The Kier molecular flexibility index (Phi) is 24.2. The van der Waals surface area contributed by atoms with Crippen molar-refractivity contribution < 1.29 is 47.0 Å². The van der Waals surface area contributed by atoms with Gasteiger partial charge in [0.2, 0.25) is 15.9 Å². The molecular weight excluding hydrogens is 1250 g/mol. The molecular formula is C61H63Cl4N13O10S. The molecule has 0 aliphatic heterocycles. The van der Waals surface area contributed by atoms with Crippen LogP contribution in [0.15, 0.2) is 151 Å². The molecule has 28 heteroatoms. The van der Waals surface area contributed by atoms with Gasteiger partial charge in [0.05, 0.1) is 65.5 Å². The Labute approximate surface area is 530 Å². The molecule has 466 valence electrons. The molecule has 13 N–H and O–H groups in total. The summed E-state index contributed by atoms with van der Waals surface area (Å²) >= 11 is 23.9. The summed E-state index contributed by atoms with van der Waals surface area (Å²) in [6.07, 6.45) is 6.20. The quantitative estimate of drug-likeness (QED) is 0.0350. The zero-order valence-corrected chi connectivity index (χ0v) is 52.6. The SMILES string of the molecule is CC(=O)c1cc(Cl)cn(Cc2cccc(C(C)(C)O)c2)c1=N.CN(C)S(=O)(=O)c1ccc(Cn2cc(Cl)cc(C(N)=O)c2=N)cc1.COC(=O)c1cccc(Cn2cc(Cl)cc(C(N)=O)c2=N)c1.N=c1c(C(N)=O)cc(Cl)cn1Cc1cccc(C(N)=O)c1. The van der Waals surface area contributed by atoms with Crippen molar-refractivity contribution in [3.05, 3.63) is 249 Å². The lowest BCUT2D eigenvalue weighted by Crippen LogP contribution is -2.29. The van der Waals surface area contributed by atoms with E-state index in [-0.39, 0.29) is 74.0 Å². The van der Waals surface area contributed by atoms with Gasteiger partial charge in [0.25, 0.3) is 17.7 Å². The van der Waals surface area contributed by atoms with Crippen LogP contribution in [0.3, 0.4) is 0 Å². The maximum absolute atomic E-state index is 12.0. The lowest BCUT2D eigenvalue weighted by Gasteiger charge is -2.19. The fourth-order valence-electron chi connectivity index (χ4n) is 8.33. The highest BCUT2D eigenvalue weighted by Gasteiger charge is 2.19. The fraction of sp³-hybridized carbons (Fsp3) is 0.180. The summed E-state index contributed by atoms with van der Waals surface area (Å²) in [7, 11) is 0.737. The number of sulfonamides is 1. The average Bonchev–Trinajstić information content (AvgIpc) is 2.68. The Bertz CT molecular complexity index is 4410. The number of rotatable bonds is 17. The van der Waals surface area contributed by atoms with Gasteiger partial charge in [-0.05, 0) is 109 Å². The first kappa shape index (κ1) is 70.5. The number of pyridine rings is 4. The third-order valence-electron chi connectivity index (χ3n) is 12.9. The first-order valence-electron chi connectivity index (χ1n) is 26.2. The number of ketones is 1. The van der Waals surface area contributed by atoms with Gasteiger partial charge in [-0.1, -0.05) is 107 Å². The van der Waals surface area contributed by atoms with E-state index in [0.717, 1.165) is 32.1 Å². The largest absolute Gasteiger partial charge is 0.465 e. The van der Waals surface area contributed by atoms with Gasteiger partial charge in [0, 0.05) is 70.6 Å². The number of nitrogens with one attached hydrogen (secondary N) is 4. The molecule has 8 aromatic rings. The van der Waals surface area contributed by atoms with Gasteiger partial charge in [-0.2, -0.15) is 0 Å². The van der Waals surface area contributed by atoms with Crippen molar-refractivity contribution in [2.45, 2.75) is 57.4 Å². The van der Waals surface area contributed by atoms with Crippen LogP contribution in [0, 0.1) is 21.6 Å². The van der Waals surface area contributed by atoms with Gasteiger partial charge in [-0.15, -0.1) is 0 Å². The molecule has 4 aromatic carbocycles. The summed E-state index contributed by atoms with van der Waals surface area (Å²) in [5.41, 5.74) is 25.1. The van der Waals surface area contributed by atoms with Crippen LogP contribution < -0.4 is 44.9 Å². The van der Waals surface area contributed by atoms with Crippen LogP contribution in [0.1, 0.15) is 111 Å². The van der Waals surface area contributed by atoms with E-state index in [4.69, 9.17) is 91.0 Å². The predicted molar refractivity (Wildman–Crippen MR) is 335 cm³/mol. The molecule has 0 aliphatic carbocycles. The molecule has 0 saturated heterocycles. The number of Topliss-reactive ketones (excluding diaryl/α,β-unsaturated/α-hetero) is 1. The normalized spacial score (nSPS) is 11.0. The van der Waals surface area contributed by atoms with Crippen molar-refractivity contribution in [2.24, 2.45) is 22.9 Å². The number of benzene rings is 4. The highest BCUT2D eigenvalue weighted by Crippen LogP contribution is 2.22. The summed E-state index contributed by atoms with van der Waals surface area (Å²) in [6, 6.07) is 32.9. The molecule has 8 rings (SSSR count). The Morgan fingerprint density at radius 1 is 0.506 bits per heavy atom. The molecule has 4 aromatic heterocycles. The van der Waals surface area contributed by atoms with E-state index in [9.17, 15) is 42.3 Å². The van der Waals surface area contributed by atoms with Crippen molar-refractivity contribution >= 4 is 91.8 Å². The van der Waals surface area contributed by atoms with Gasteiger partial charge < -0.3 is 51.0 Å². The summed E-state index contributed by atoms with van der Waals surface area (Å²) in [4.78, 5) is 68.4. The van der Waals surface area contributed by atoms with E-state index in [1.54, 1.807) is 85.3 Å². The molecule has 23 nitrogen and oxygen atoms in total. The number of hydrogen-bond donors (Lipinski definition) is 9. The third kappa shape index (κ3) is 19.4. The average molecular weight is 1310 g/mol. The van der Waals surface area contributed by atoms with E-state index >= 15 is 0 Å². The van der Waals surface area contributed by atoms with Gasteiger partial charge in [-0.3, -0.25) is 45.6 Å². The molecule has 0 unspecified atom stereocenters. The number of methoxy groups -OCH3 is 1. The van der Waals surface area contributed by atoms with Crippen LogP contribution >= 0.6 is 46.4 Å². The number of amides is 4. The number of nitrogens with two attached hydrogens (primary N) is 4. The Morgan fingerprint density at radius 3 is 1.19 bits per heavy atom. The Morgan fingerprint density at radius 2 is 0.843 bits per heavy atom. The number of hydrogen-bond acceptors (Lipinski definition) is 14. The number of primary amides is 4. The van der Waals surface area contributed by atoms with Crippen LogP contribution in [0.2, 0.25) is 20.1 Å². The number of nitrogens with zero attached hydrogens (tertiary/aromatic N) is 5. The monoisotopic (exact) mass is 1310 g/mol. The molecule has 0 spiro atoms. The lowest BCUT2D eigenvalue weighted by molar-refractivity contribution is 0.0599. The van der Waals surface area contributed by atoms with Gasteiger partial charge >= 0.3 is 5.97 Å². The number of aromatic nitrogens is 4. The van der Waals surface area contributed by atoms with Crippen molar-refractivity contribution in [3.8, 4) is 0 Å². The summed E-state index contributed by atoms with van der Waals surface area (Å²) in [6.45, 7) is 6.06. The topological polar surface area (TPSA) is 388 Å². The van der Waals surface area contributed by atoms with Crippen molar-refractivity contribution in [3.63, 3.8) is 0 Å². The highest BCUT2D eigenvalue weighted by atomic mass is 35.5. The first-order chi connectivity index (χ1) is 41.6. The second-order valence-electron chi connectivity index (χ2n) is 20.3. The molecule has 4 heterocycles. The number of esters is 1. The third-order valence-corrected chi connectivity index (χ3v) is 15.6. The maximum Gasteiger partial charge on any atom is 0.337 e. The van der Waals surface area contributed by atoms with Gasteiger partial charge in [0.1, 0.15) is 22.0 Å². The number of carbonyl (C=O) groups is 6. The number of ether oxygens (including phenoxy) is 1. The second-order valence-corrected chi connectivity index (χ2v) is 24.2. The van der Waals surface area contributed by atoms with Crippen molar-refractivity contribution in [2.75, 3.05) is 21.2 Å². The van der Waals surface area contributed by atoms with E-state index in [0.29, 0.717) is 38.3 Å². The van der Waals surface area contributed by atoms with E-state index < -0.39 is 45.2 Å². The van der Waals surface area contributed by atoms with E-state index in [1.165, 1.54) is 96.8 Å². The lowest BCUT2D eigenvalue weighted by atomic mass is 9.96. The van der Waals surface area contributed by atoms with E-state index in [1.807, 2.05) is 24.3 Å². The zero-order valence-electron chi connectivity index (χ0n) is 48.8. The summed E-state index contributed by atoms with van der Waals surface area (Å²) < 4.78 is 35.9. The molecule has 0 radical (unpaired) electrons. The molecule has 0 bridgehead atoms. The molecule has 89 heavy (non-hydrogen) atoms. The zero-order chi connectivity index (χ0) is 66.4. The van der Waals surface area contributed by atoms with Crippen LogP contribution in [0.5, 0.6) is 0 Å². The highest BCUT2D eigenvalue weighted by molar-refractivity contribution is 7.89. The van der Waals surface area contributed by atoms with Crippen molar-refractivity contribution in [1.29, 1.82) is 21.6 Å². The molecule has 0 saturated carbocycles. The van der Waals surface area contributed by atoms with Crippen LogP contribution in [0.4, 0.5) is 0 Å². The molecule has 4 amide bonds. The van der Waals surface area contributed by atoms with Crippen LogP contribution in [0.25, 0.3) is 0 Å². The number of aliphatic hydroxyl groups is 1. The number of carbonyl (C=O) groups excluding carboxylic acids is 6. The smallest absolute Gasteiger partial charge is 0.337 e. The first-order valence-corrected chi connectivity index (χ1v) is 29.1. The Hall–Kier alpha value is -9.27. The minimum atomic E-state index is -3.49. The summed E-state index contributed by atoms with van der Waals surface area (Å²) in [5.74, 6) is -3.33. The van der Waals surface area contributed by atoms with Crippen molar-refractivity contribution in [1.82, 2.24) is 22.6 Å². The number of halogens is 4. The minimum Gasteiger partial charge on any atom is -0.465 e. The van der Waals surface area contributed by atoms with Gasteiger partial charge in [0.15, 0.2) is 5.78 Å². The summed E-state index contributed by atoms with van der Waals surface area (Å²) in [5, 5.41) is 43.5. The maximum atomic E-state index is 12.0. The van der Waals surface area contributed by atoms with Crippen LogP contribution in [-0.4, -0.2) is 92.7 Å². The second kappa shape index (κ2) is 30.6. The van der Waals surface area contributed by atoms with Gasteiger partial charge in [-0.25, -0.2) is 17.5 Å². The fourth-order valence-corrected chi connectivity index (χ4v) is 10.1. The Balaban J connectivity index is 0.000000216. The minimum absolute atomic E-state index is 0.0225. The van der Waals surface area contributed by atoms with E-state index in [2.05, 4.69) is 4.74 Å².